The monoisotopic (exact) mass is 461 g/mol. The highest BCUT2D eigenvalue weighted by molar-refractivity contribution is 5.82. The molecule has 3 aliphatic rings. The van der Waals surface area contributed by atoms with Crippen molar-refractivity contribution in [1.29, 1.82) is 0 Å². The molecule has 2 fully saturated rings. The highest BCUT2D eigenvalue weighted by Crippen LogP contribution is 2.32. The average Bonchev–Trinajstić information content (AvgIpc) is 3.42. The fourth-order valence-corrected chi connectivity index (χ4v) is 4.58. The number of esters is 1. The number of nitrogens with zero attached hydrogens (tertiary/aromatic N) is 5. The molecule has 0 spiro atoms. The van der Waals surface area contributed by atoms with Crippen LogP contribution >= 0.6 is 0 Å². The number of rotatable bonds is 4. The topological polar surface area (TPSA) is 114 Å². The van der Waals surface area contributed by atoms with Gasteiger partial charge in [-0.15, -0.1) is 0 Å². The number of likely N-dealkylation sites (tertiary alicyclic amines) is 2. The molecule has 3 amide bonds. The van der Waals surface area contributed by atoms with E-state index < -0.39 is 17.8 Å². The SMILES string of the molecule is CC(=O)OC(c1ncc2n1C(=O)N(C1CCN(C(=O)OC(C)(C)C)CC1)C2)N1CCCC1=O. The molecular formula is C22H31N5O6. The zero-order valence-corrected chi connectivity index (χ0v) is 19.6. The summed E-state index contributed by atoms with van der Waals surface area (Å²) in [4.78, 5) is 59.0. The lowest BCUT2D eigenvalue weighted by molar-refractivity contribution is -0.162. The summed E-state index contributed by atoms with van der Waals surface area (Å²) in [5, 5.41) is 0. The van der Waals surface area contributed by atoms with Crippen LogP contribution in [0.5, 0.6) is 0 Å². The lowest BCUT2D eigenvalue weighted by atomic mass is 10.0. The predicted octanol–water partition coefficient (Wildman–Crippen LogP) is 2.25. The van der Waals surface area contributed by atoms with Crippen LogP contribution in [-0.2, 0) is 25.6 Å². The zero-order valence-electron chi connectivity index (χ0n) is 19.6. The molecule has 0 aromatic carbocycles. The molecule has 33 heavy (non-hydrogen) atoms. The summed E-state index contributed by atoms with van der Waals surface area (Å²) in [6, 6.07) is -0.290. The predicted molar refractivity (Wildman–Crippen MR) is 115 cm³/mol. The van der Waals surface area contributed by atoms with Gasteiger partial charge in [0.05, 0.1) is 18.4 Å². The lowest BCUT2D eigenvalue weighted by Gasteiger charge is -2.37. The number of carbonyl (C=O) groups is 4. The maximum Gasteiger partial charge on any atom is 0.410 e. The Morgan fingerprint density at radius 3 is 2.42 bits per heavy atom. The summed E-state index contributed by atoms with van der Waals surface area (Å²) in [6.07, 6.45) is 2.55. The number of piperidine rings is 1. The minimum Gasteiger partial charge on any atom is -0.444 e. The first-order valence-electron chi connectivity index (χ1n) is 11.4. The summed E-state index contributed by atoms with van der Waals surface area (Å²) in [7, 11) is 0. The van der Waals surface area contributed by atoms with E-state index >= 15 is 0 Å². The highest BCUT2D eigenvalue weighted by Gasteiger charge is 2.42. The molecule has 1 aromatic heterocycles. The molecule has 0 N–H and O–H groups in total. The van der Waals surface area contributed by atoms with Gasteiger partial charge in [-0.3, -0.25) is 9.59 Å². The maximum atomic E-state index is 13.4. The van der Waals surface area contributed by atoms with Crippen molar-refractivity contribution in [2.75, 3.05) is 19.6 Å². The second-order valence-electron chi connectivity index (χ2n) is 9.70. The van der Waals surface area contributed by atoms with Crippen molar-refractivity contribution in [3.63, 3.8) is 0 Å². The van der Waals surface area contributed by atoms with Gasteiger partial charge in [0.2, 0.25) is 12.1 Å². The van der Waals surface area contributed by atoms with E-state index in [2.05, 4.69) is 4.98 Å². The Morgan fingerprint density at radius 1 is 1.15 bits per heavy atom. The van der Waals surface area contributed by atoms with Crippen LogP contribution in [-0.4, -0.2) is 79.5 Å². The summed E-state index contributed by atoms with van der Waals surface area (Å²) in [6.45, 7) is 8.60. The third-order valence-electron chi connectivity index (χ3n) is 6.08. The third kappa shape index (κ3) is 4.67. The molecule has 1 atom stereocenters. The number of fused-ring (bicyclic) bond motifs is 1. The maximum absolute atomic E-state index is 13.4. The molecule has 0 aliphatic carbocycles. The van der Waals surface area contributed by atoms with Gasteiger partial charge in [-0.25, -0.2) is 19.1 Å². The number of carbonyl (C=O) groups excluding carboxylic acids is 4. The van der Waals surface area contributed by atoms with Crippen molar-refractivity contribution in [3.8, 4) is 0 Å². The number of hydrogen-bond donors (Lipinski definition) is 0. The van der Waals surface area contributed by atoms with Crippen molar-refractivity contribution < 1.29 is 28.7 Å². The van der Waals surface area contributed by atoms with Crippen molar-refractivity contribution in [2.24, 2.45) is 0 Å². The first-order chi connectivity index (χ1) is 15.5. The first-order valence-corrected chi connectivity index (χ1v) is 11.4. The molecule has 3 aliphatic heterocycles. The Hall–Kier alpha value is -3.11. The van der Waals surface area contributed by atoms with E-state index in [-0.39, 0.29) is 29.9 Å². The van der Waals surface area contributed by atoms with Crippen LogP contribution in [0.3, 0.4) is 0 Å². The average molecular weight is 462 g/mol. The van der Waals surface area contributed by atoms with E-state index in [1.165, 1.54) is 16.4 Å². The molecule has 1 unspecified atom stereocenters. The Kier molecular flexibility index (Phi) is 6.06. The smallest absolute Gasteiger partial charge is 0.410 e. The number of aromatic nitrogens is 2. The minimum absolute atomic E-state index is 0.0375. The highest BCUT2D eigenvalue weighted by atomic mass is 16.6. The van der Waals surface area contributed by atoms with Gasteiger partial charge in [0.15, 0.2) is 5.82 Å². The fourth-order valence-electron chi connectivity index (χ4n) is 4.58. The standard InChI is InChI=1S/C22H31N5O6/c1-14(28)32-19(25-9-5-6-17(25)29)18-23-12-16-13-26(20(30)27(16)18)15-7-10-24(11-8-15)21(31)33-22(2,3)4/h12,15,19H,5-11,13H2,1-4H3. The molecule has 4 heterocycles. The second kappa shape index (κ2) is 8.68. The van der Waals surface area contributed by atoms with Gasteiger partial charge in [-0.1, -0.05) is 0 Å². The molecule has 0 saturated carbocycles. The van der Waals surface area contributed by atoms with E-state index in [0.29, 0.717) is 57.6 Å². The third-order valence-corrected chi connectivity index (χ3v) is 6.08. The molecule has 1 aromatic rings. The molecule has 11 heteroatoms. The molecule has 0 radical (unpaired) electrons. The van der Waals surface area contributed by atoms with E-state index in [9.17, 15) is 19.2 Å². The fraction of sp³-hybridized carbons (Fsp3) is 0.682. The quantitative estimate of drug-likeness (QED) is 0.632. The largest absolute Gasteiger partial charge is 0.444 e. The normalized spacial score (nSPS) is 20.3. The van der Waals surface area contributed by atoms with Crippen LogP contribution in [0.15, 0.2) is 6.20 Å². The number of amides is 3. The Bertz CT molecular complexity index is 959. The van der Waals surface area contributed by atoms with E-state index in [0.717, 1.165) is 0 Å². The zero-order chi connectivity index (χ0) is 23.9. The Morgan fingerprint density at radius 2 is 1.85 bits per heavy atom. The van der Waals surface area contributed by atoms with E-state index in [1.54, 1.807) is 16.0 Å². The van der Waals surface area contributed by atoms with Crippen LogP contribution in [0.4, 0.5) is 9.59 Å². The van der Waals surface area contributed by atoms with Gasteiger partial charge in [0.1, 0.15) is 5.60 Å². The van der Waals surface area contributed by atoms with Crippen molar-refractivity contribution in [1.82, 2.24) is 24.3 Å². The number of imidazole rings is 1. The molecule has 2 saturated heterocycles. The Balaban J connectivity index is 1.46. The van der Waals surface area contributed by atoms with Crippen LogP contribution in [0.25, 0.3) is 0 Å². The van der Waals surface area contributed by atoms with Crippen molar-refractivity contribution >= 4 is 24.0 Å². The molecule has 180 valence electrons. The molecular weight excluding hydrogens is 430 g/mol. The van der Waals surface area contributed by atoms with Gasteiger partial charge in [0, 0.05) is 39.0 Å². The molecule has 0 bridgehead atoms. The number of hydrogen-bond acceptors (Lipinski definition) is 7. The van der Waals surface area contributed by atoms with Crippen LogP contribution in [0.2, 0.25) is 0 Å². The van der Waals surface area contributed by atoms with E-state index in [4.69, 9.17) is 9.47 Å². The second-order valence-corrected chi connectivity index (χ2v) is 9.70. The van der Waals surface area contributed by atoms with Crippen LogP contribution in [0.1, 0.15) is 71.1 Å². The summed E-state index contributed by atoms with van der Waals surface area (Å²) in [5.74, 6) is -0.432. The van der Waals surface area contributed by atoms with Gasteiger partial charge >= 0.3 is 18.1 Å². The van der Waals surface area contributed by atoms with Crippen LogP contribution < -0.4 is 0 Å². The minimum atomic E-state index is -1.02. The van der Waals surface area contributed by atoms with Gasteiger partial charge < -0.3 is 24.2 Å². The molecule has 4 rings (SSSR count). The van der Waals surface area contributed by atoms with Gasteiger partial charge in [0.25, 0.3) is 0 Å². The van der Waals surface area contributed by atoms with Crippen molar-refractivity contribution in [3.05, 3.63) is 17.7 Å². The molecule has 11 nitrogen and oxygen atoms in total. The summed E-state index contributed by atoms with van der Waals surface area (Å²) >= 11 is 0. The number of ether oxygens (including phenoxy) is 2. The summed E-state index contributed by atoms with van der Waals surface area (Å²) in [5.41, 5.74) is 0.134. The lowest BCUT2D eigenvalue weighted by Crippen LogP contribution is -2.48. The first kappa shape index (κ1) is 23.1. The van der Waals surface area contributed by atoms with Crippen molar-refractivity contribution in [2.45, 2.75) is 77.8 Å². The van der Waals surface area contributed by atoms with Gasteiger partial charge in [-0.2, -0.15) is 0 Å². The van der Waals surface area contributed by atoms with E-state index in [1.807, 2.05) is 20.8 Å². The van der Waals surface area contributed by atoms with Gasteiger partial charge in [-0.05, 0) is 40.0 Å². The Labute approximate surface area is 192 Å². The summed E-state index contributed by atoms with van der Waals surface area (Å²) < 4.78 is 12.3. The van der Waals surface area contributed by atoms with Crippen LogP contribution in [0, 0.1) is 0 Å².